The molecule has 1 N–H and O–H groups in total. The molecule has 0 heterocycles. The van der Waals surface area contributed by atoms with Crippen LogP contribution in [-0.4, -0.2) is 18.6 Å². The number of hydrogen-bond donors (Lipinski definition) is 1. The van der Waals surface area contributed by atoms with E-state index in [-0.39, 0.29) is 5.97 Å². The highest BCUT2D eigenvalue weighted by Crippen LogP contribution is 2.30. The summed E-state index contributed by atoms with van der Waals surface area (Å²) in [5.41, 5.74) is 3.44. The number of benzene rings is 2. The largest absolute Gasteiger partial charge is 0.463 e. The quantitative estimate of drug-likeness (QED) is 0.323. The molecule has 1 aliphatic carbocycles. The molecule has 0 spiro atoms. The first kappa shape index (κ1) is 20.5. The monoisotopic (exact) mass is 395 g/mol. The Hall–Kier alpha value is -2.20. The van der Waals surface area contributed by atoms with E-state index < -0.39 is 0 Å². The number of thioether (sulfide) groups is 1. The maximum Gasteiger partial charge on any atom is 0.330 e. The summed E-state index contributed by atoms with van der Waals surface area (Å²) in [4.78, 5) is 13.0. The van der Waals surface area contributed by atoms with Gasteiger partial charge in [0, 0.05) is 28.5 Å². The highest BCUT2D eigenvalue weighted by atomic mass is 32.2. The van der Waals surface area contributed by atoms with E-state index in [4.69, 9.17) is 4.74 Å². The molecule has 2 aromatic carbocycles. The van der Waals surface area contributed by atoms with Crippen LogP contribution in [0, 0.1) is 0 Å². The van der Waals surface area contributed by atoms with Crippen LogP contribution in [0.4, 0.5) is 5.69 Å². The van der Waals surface area contributed by atoms with E-state index in [0.29, 0.717) is 12.6 Å². The molecular weight excluding hydrogens is 366 g/mol. The molecule has 0 bridgehead atoms. The Labute approximate surface area is 172 Å². The third-order valence-corrected chi connectivity index (χ3v) is 5.99. The van der Waals surface area contributed by atoms with Crippen LogP contribution in [0.5, 0.6) is 0 Å². The van der Waals surface area contributed by atoms with Crippen LogP contribution in [0.25, 0.3) is 6.08 Å². The molecular formula is C24H29NO2S. The van der Waals surface area contributed by atoms with E-state index in [1.54, 1.807) is 0 Å². The summed E-state index contributed by atoms with van der Waals surface area (Å²) in [5, 5.41) is 3.69. The SMILES string of the molecule is CCOC(=O)/C=C/c1cc(SCc2ccccc2)ccc1NC1CCCCC1. The number of carbonyl (C=O) groups is 1. The van der Waals surface area contributed by atoms with Gasteiger partial charge in [0.2, 0.25) is 0 Å². The molecule has 1 saturated carbocycles. The van der Waals surface area contributed by atoms with Gasteiger partial charge < -0.3 is 10.1 Å². The zero-order valence-corrected chi connectivity index (χ0v) is 17.3. The second-order valence-corrected chi connectivity index (χ2v) is 8.14. The van der Waals surface area contributed by atoms with Crippen molar-refractivity contribution in [1.29, 1.82) is 0 Å². The Morgan fingerprint density at radius 1 is 1.14 bits per heavy atom. The van der Waals surface area contributed by atoms with Crippen LogP contribution >= 0.6 is 11.8 Å². The van der Waals surface area contributed by atoms with Gasteiger partial charge in [-0.05, 0) is 55.2 Å². The molecule has 3 rings (SSSR count). The zero-order chi connectivity index (χ0) is 19.6. The molecule has 1 fully saturated rings. The molecule has 0 aromatic heterocycles. The molecule has 0 saturated heterocycles. The van der Waals surface area contributed by atoms with Crippen LogP contribution in [0.15, 0.2) is 59.5 Å². The van der Waals surface area contributed by atoms with Crippen molar-refractivity contribution in [3.05, 3.63) is 65.7 Å². The summed E-state index contributed by atoms with van der Waals surface area (Å²) in [7, 11) is 0. The van der Waals surface area contributed by atoms with Gasteiger partial charge in [0.25, 0.3) is 0 Å². The summed E-state index contributed by atoms with van der Waals surface area (Å²) < 4.78 is 5.04. The van der Waals surface area contributed by atoms with E-state index in [2.05, 4.69) is 47.8 Å². The van der Waals surface area contributed by atoms with Crippen LogP contribution in [0.3, 0.4) is 0 Å². The summed E-state index contributed by atoms with van der Waals surface area (Å²) in [5.74, 6) is 0.630. The lowest BCUT2D eigenvalue weighted by molar-refractivity contribution is -0.137. The van der Waals surface area contributed by atoms with Crippen molar-refractivity contribution in [3.63, 3.8) is 0 Å². The fraction of sp³-hybridized carbons (Fsp3) is 0.375. The normalized spacial score (nSPS) is 14.9. The number of esters is 1. The zero-order valence-electron chi connectivity index (χ0n) is 16.5. The molecule has 0 atom stereocenters. The average Bonchev–Trinajstić information content (AvgIpc) is 2.73. The molecule has 0 aliphatic heterocycles. The summed E-state index contributed by atoms with van der Waals surface area (Å²) in [6, 6.07) is 17.5. The molecule has 2 aromatic rings. The Morgan fingerprint density at radius 2 is 1.93 bits per heavy atom. The Balaban J connectivity index is 1.74. The van der Waals surface area contributed by atoms with Gasteiger partial charge in [-0.25, -0.2) is 4.79 Å². The minimum atomic E-state index is -0.298. The fourth-order valence-electron chi connectivity index (χ4n) is 3.46. The van der Waals surface area contributed by atoms with Gasteiger partial charge >= 0.3 is 5.97 Å². The second kappa shape index (κ2) is 11.0. The van der Waals surface area contributed by atoms with Crippen molar-refractivity contribution >= 4 is 29.5 Å². The first-order chi connectivity index (χ1) is 13.7. The Bertz CT molecular complexity index is 782. The van der Waals surface area contributed by atoms with E-state index in [0.717, 1.165) is 17.0 Å². The maximum absolute atomic E-state index is 11.8. The van der Waals surface area contributed by atoms with Crippen LogP contribution in [-0.2, 0) is 15.3 Å². The first-order valence-electron chi connectivity index (χ1n) is 10.2. The highest BCUT2D eigenvalue weighted by molar-refractivity contribution is 7.98. The van der Waals surface area contributed by atoms with Gasteiger partial charge in [0.1, 0.15) is 0 Å². The molecule has 148 valence electrons. The molecule has 1 aliphatic rings. The number of nitrogens with one attached hydrogen (secondary N) is 1. The summed E-state index contributed by atoms with van der Waals surface area (Å²) in [6.07, 6.45) is 9.74. The second-order valence-electron chi connectivity index (χ2n) is 7.09. The lowest BCUT2D eigenvalue weighted by atomic mass is 9.95. The predicted octanol–water partition coefficient (Wildman–Crippen LogP) is 6.30. The standard InChI is InChI=1S/C24H29NO2S/c1-2-27-24(26)16-13-20-17-22(28-18-19-9-5-3-6-10-19)14-15-23(20)25-21-11-7-4-8-12-21/h3,5-6,9-10,13-17,21,25H,2,4,7-8,11-12,18H2,1H3/b16-13+. The minimum Gasteiger partial charge on any atom is -0.463 e. The number of rotatable bonds is 8. The molecule has 4 heteroatoms. The van der Waals surface area contributed by atoms with E-state index in [9.17, 15) is 4.79 Å². The van der Waals surface area contributed by atoms with Crippen molar-refractivity contribution in [2.75, 3.05) is 11.9 Å². The minimum absolute atomic E-state index is 0.298. The predicted molar refractivity (Wildman–Crippen MR) is 119 cm³/mol. The maximum atomic E-state index is 11.8. The average molecular weight is 396 g/mol. The van der Waals surface area contributed by atoms with Gasteiger partial charge in [-0.3, -0.25) is 0 Å². The van der Waals surface area contributed by atoms with Crippen molar-refractivity contribution in [1.82, 2.24) is 0 Å². The highest BCUT2D eigenvalue weighted by Gasteiger charge is 2.14. The Morgan fingerprint density at radius 3 is 2.68 bits per heavy atom. The fourth-order valence-corrected chi connectivity index (χ4v) is 4.36. The van der Waals surface area contributed by atoms with Crippen molar-refractivity contribution in [3.8, 4) is 0 Å². The van der Waals surface area contributed by atoms with E-state index >= 15 is 0 Å². The van der Waals surface area contributed by atoms with Crippen LogP contribution in [0.1, 0.15) is 50.2 Å². The van der Waals surface area contributed by atoms with Gasteiger partial charge in [-0.1, -0.05) is 49.6 Å². The van der Waals surface area contributed by atoms with E-state index in [1.807, 2.05) is 30.8 Å². The van der Waals surface area contributed by atoms with Crippen LogP contribution < -0.4 is 5.32 Å². The third-order valence-electron chi connectivity index (χ3n) is 4.92. The molecule has 0 unspecified atom stereocenters. The number of hydrogen-bond acceptors (Lipinski definition) is 4. The molecule has 3 nitrogen and oxygen atoms in total. The van der Waals surface area contributed by atoms with Crippen molar-refractivity contribution < 1.29 is 9.53 Å². The molecule has 28 heavy (non-hydrogen) atoms. The third kappa shape index (κ3) is 6.45. The Kier molecular flexibility index (Phi) is 8.04. The number of anilines is 1. The lowest BCUT2D eigenvalue weighted by Crippen LogP contribution is -2.22. The van der Waals surface area contributed by atoms with Gasteiger partial charge in [-0.2, -0.15) is 0 Å². The summed E-state index contributed by atoms with van der Waals surface area (Å²) in [6.45, 7) is 2.21. The van der Waals surface area contributed by atoms with Crippen molar-refractivity contribution in [2.45, 2.75) is 55.7 Å². The van der Waals surface area contributed by atoms with E-state index in [1.165, 1.54) is 48.6 Å². The van der Waals surface area contributed by atoms with Gasteiger partial charge in [0.05, 0.1) is 6.61 Å². The molecule has 0 amide bonds. The van der Waals surface area contributed by atoms with Crippen LogP contribution in [0.2, 0.25) is 0 Å². The van der Waals surface area contributed by atoms with Gasteiger partial charge in [0.15, 0.2) is 0 Å². The van der Waals surface area contributed by atoms with Gasteiger partial charge in [-0.15, -0.1) is 11.8 Å². The first-order valence-corrected chi connectivity index (χ1v) is 11.2. The van der Waals surface area contributed by atoms with Crippen molar-refractivity contribution in [2.24, 2.45) is 0 Å². The number of carbonyl (C=O) groups excluding carboxylic acids is 1. The molecule has 0 radical (unpaired) electrons. The lowest BCUT2D eigenvalue weighted by Gasteiger charge is -2.25. The summed E-state index contributed by atoms with van der Waals surface area (Å²) >= 11 is 1.81. The topological polar surface area (TPSA) is 38.3 Å². The number of ether oxygens (including phenoxy) is 1. The smallest absolute Gasteiger partial charge is 0.330 e.